The Morgan fingerprint density at radius 2 is 1.95 bits per heavy atom. The van der Waals surface area contributed by atoms with Gasteiger partial charge in [-0.25, -0.2) is 0 Å². The number of hydrogen-bond acceptors (Lipinski definition) is 4. The van der Waals surface area contributed by atoms with Crippen LogP contribution >= 0.6 is 22.6 Å². The molecule has 1 aromatic carbocycles. The highest BCUT2D eigenvalue weighted by molar-refractivity contribution is 14.1. The lowest BCUT2D eigenvalue weighted by atomic mass is 10.0. The van der Waals surface area contributed by atoms with E-state index < -0.39 is 0 Å². The molecule has 2 heterocycles. The summed E-state index contributed by atoms with van der Waals surface area (Å²) in [6.07, 6.45) is 3.47. The summed E-state index contributed by atoms with van der Waals surface area (Å²) in [5.41, 5.74) is 8.55. The minimum Gasteiger partial charge on any atom is -0.380 e. The van der Waals surface area contributed by atoms with Crippen molar-refractivity contribution in [1.82, 2.24) is 10.1 Å². The zero-order valence-corrected chi connectivity index (χ0v) is 12.0. The molecule has 19 heavy (non-hydrogen) atoms. The molecule has 0 atom stereocenters. The lowest BCUT2D eigenvalue weighted by Gasteiger charge is -2.02. The summed E-state index contributed by atoms with van der Waals surface area (Å²) in [5, 5.41) is 3.87. The van der Waals surface area contributed by atoms with Gasteiger partial charge in [-0.1, -0.05) is 23.4 Å². The van der Waals surface area contributed by atoms with Crippen LogP contribution < -0.4 is 5.73 Å². The zero-order valence-electron chi connectivity index (χ0n) is 9.88. The average Bonchev–Trinajstić information content (AvgIpc) is 2.82. The van der Waals surface area contributed by atoms with E-state index in [1.54, 1.807) is 12.4 Å². The van der Waals surface area contributed by atoms with Crippen molar-refractivity contribution < 1.29 is 4.52 Å². The Hall–Kier alpha value is -1.89. The minimum atomic E-state index is 0.377. The number of pyridine rings is 1. The summed E-state index contributed by atoms with van der Waals surface area (Å²) >= 11 is 2.26. The molecule has 94 valence electrons. The maximum atomic E-state index is 5.91. The van der Waals surface area contributed by atoms with Gasteiger partial charge in [0.15, 0.2) is 11.6 Å². The molecule has 0 spiro atoms. The molecule has 0 amide bonds. The molecule has 3 aromatic rings. The Kier molecular flexibility index (Phi) is 3.20. The summed E-state index contributed by atoms with van der Waals surface area (Å²) in [7, 11) is 0. The highest BCUT2D eigenvalue weighted by Crippen LogP contribution is 2.36. The van der Waals surface area contributed by atoms with Crippen LogP contribution in [0, 0.1) is 3.57 Å². The molecule has 0 aliphatic carbocycles. The largest absolute Gasteiger partial charge is 0.380 e. The van der Waals surface area contributed by atoms with Gasteiger partial charge in [0, 0.05) is 27.1 Å². The van der Waals surface area contributed by atoms with Crippen molar-refractivity contribution in [1.29, 1.82) is 0 Å². The van der Waals surface area contributed by atoms with E-state index in [0.29, 0.717) is 11.6 Å². The van der Waals surface area contributed by atoms with Crippen molar-refractivity contribution in [3.05, 3.63) is 52.4 Å². The summed E-state index contributed by atoms with van der Waals surface area (Å²) in [6, 6.07) is 11.8. The molecule has 2 aromatic heterocycles. The number of aromatic nitrogens is 2. The number of rotatable bonds is 2. The molecule has 0 aliphatic heterocycles. The van der Waals surface area contributed by atoms with Crippen molar-refractivity contribution >= 4 is 28.4 Å². The first-order valence-electron chi connectivity index (χ1n) is 5.67. The molecule has 3 rings (SSSR count). The van der Waals surface area contributed by atoms with Gasteiger partial charge in [0.2, 0.25) is 0 Å². The molecular weight excluding hydrogens is 353 g/mol. The highest BCUT2D eigenvalue weighted by Gasteiger charge is 2.17. The molecule has 4 nitrogen and oxygen atoms in total. The predicted octanol–water partition coefficient (Wildman–Crippen LogP) is 3.59. The minimum absolute atomic E-state index is 0.377. The van der Waals surface area contributed by atoms with Crippen LogP contribution in [0.5, 0.6) is 0 Å². The first kappa shape index (κ1) is 12.2. The van der Waals surface area contributed by atoms with Crippen LogP contribution in [0.25, 0.3) is 22.5 Å². The van der Waals surface area contributed by atoms with Gasteiger partial charge in [-0.15, -0.1) is 0 Å². The van der Waals surface area contributed by atoms with Crippen LogP contribution in [0.3, 0.4) is 0 Å². The van der Waals surface area contributed by atoms with Crippen LogP contribution in [-0.2, 0) is 0 Å². The van der Waals surface area contributed by atoms with Crippen molar-refractivity contribution in [2.75, 3.05) is 5.73 Å². The lowest BCUT2D eigenvalue weighted by molar-refractivity contribution is 0.436. The smallest absolute Gasteiger partial charge is 0.177 e. The van der Waals surface area contributed by atoms with E-state index in [0.717, 1.165) is 20.3 Å². The van der Waals surface area contributed by atoms with Gasteiger partial charge in [-0.3, -0.25) is 4.98 Å². The number of hydrogen-bond donors (Lipinski definition) is 1. The summed E-state index contributed by atoms with van der Waals surface area (Å²) in [6.45, 7) is 0. The van der Waals surface area contributed by atoms with E-state index in [4.69, 9.17) is 10.3 Å². The summed E-state index contributed by atoms with van der Waals surface area (Å²) < 4.78 is 6.51. The molecule has 0 radical (unpaired) electrons. The van der Waals surface area contributed by atoms with Gasteiger partial charge in [0.25, 0.3) is 0 Å². The molecule has 0 fully saturated rings. The maximum absolute atomic E-state index is 5.91. The van der Waals surface area contributed by atoms with E-state index >= 15 is 0 Å². The zero-order chi connectivity index (χ0) is 13.2. The van der Waals surface area contributed by atoms with Crippen molar-refractivity contribution in [2.24, 2.45) is 0 Å². The topological polar surface area (TPSA) is 64.9 Å². The number of nitrogen functional groups attached to an aromatic ring is 1. The average molecular weight is 363 g/mol. The van der Waals surface area contributed by atoms with Crippen LogP contribution in [0.2, 0.25) is 0 Å². The van der Waals surface area contributed by atoms with Crippen LogP contribution in [0.1, 0.15) is 0 Å². The van der Waals surface area contributed by atoms with E-state index in [9.17, 15) is 0 Å². The fraction of sp³-hybridized carbons (Fsp3) is 0. The number of anilines is 1. The van der Waals surface area contributed by atoms with Gasteiger partial charge in [-0.05, 0) is 40.8 Å². The molecule has 0 bridgehead atoms. The molecule has 0 aliphatic rings. The van der Waals surface area contributed by atoms with Gasteiger partial charge in [0.1, 0.15) is 0 Å². The summed E-state index contributed by atoms with van der Waals surface area (Å²) in [5.74, 6) is 1.05. The second kappa shape index (κ2) is 5.00. The van der Waals surface area contributed by atoms with Crippen molar-refractivity contribution in [3.8, 4) is 22.5 Å². The Morgan fingerprint density at radius 1 is 1.11 bits per heavy atom. The van der Waals surface area contributed by atoms with Crippen molar-refractivity contribution in [3.63, 3.8) is 0 Å². The van der Waals surface area contributed by atoms with E-state index in [-0.39, 0.29) is 0 Å². The van der Waals surface area contributed by atoms with Crippen LogP contribution in [0.15, 0.2) is 53.3 Å². The first-order chi connectivity index (χ1) is 9.25. The molecule has 0 saturated heterocycles. The normalized spacial score (nSPS) is 10.6. The number of nitrogens with zero attached hydrogens (tertiary/aromatic N) is 2. The van der Waals surface area contributed by atoms with Crippen molar-refractivity contribution in [2.45, 2.75) is 0 Å². The standard InChI is InChI=1S/C14H10IN3O/c15-11-5-1-3-9(7-11)13-12(14(16)18-19-13)10-4-2-6-17-8-10/h1-8H,(H2,16,18). The molecular formula is C14H10IN3O. The first-order valence-corrected chi connectivity index (χ1v) is 6.75. The molecule has 0 saturated carbocycles. The Morgan fingerprint density at radius 3 is 2.68 bits per heavy atom. The van der Waals surface area contributed by atoms with Gasteiger partial charge in [0.05, 0.1) is 5.56 Å². The van der Waals surface area contributed by atoms with Gasteiger partial charge >= 0.3 is 0 Å². The Bertz CT molecular complexity index is 710. The maximum Gasteiger partial charge on any atom is 0.177 e. The second-order valence-electron chi connectivity index (χ2n) is 4.02. The molecule has 0 unspecified atom stereocenters. The van der Waals surface area contributed by atoms with E-state index in [1.165, 1.54) is 0 Å². The van der Waals surface area contributed by atoms with Gasteiger partial charge < -0.3 is 10.3 Å². The SMILES string of the molecule is Nc1noc(-c2cccc(I)c2)c1-c1cccnc1. The third kappa shape index (κ3) is 2.33. The Labute approximate surface area is 123 Å². The molecule has 2 N–H and O–H groups in total. The second-order valence-corrected chi connectivity index (χ2v) is 5.27. The monoisotopic (exact) mass is 363 g/mol. The highest BCUT2D eigenvalue weighted by atomic mass is 127. The number of benzene rings is 1. The van der Waals surface area contributed by atoms with Crippen LogP contribution in [0.4, 0.5) is 5.82 Å². The predicted molar refractivity (Wildman–Crippen MR) is 82.3 cm³/mol. The third-order valence-corrected chi connectivity index (χ3v) is 3.43. The third-order valence-electron chi connectivity index (χ3n) is 2.76. The number of halogens is 1. The van der Waals surface area contributed by atoms with E-state index in [2.05, 4.69) is 32.7 Å². The summed E-state index contributed by atoms with van der Waals surface area (Å²) in [4.78, 5) is 4.11. The van der Waals surface area contributed by atoms with E-state index in [1.807, 2.05) is 36.4 Å². The Balaban J connectivity index is 2.19. The molecule has 5 heteroatoms. The fourth-order valence-electron chi connectivity index (χ4n) is 1.92. The van der Waals surface area contributed by atoms with Crippen LogP contribution in [-0.4, -0.2) is 10.1 Å². The van der Waals surface area contributed by atoms with Gasteiger partial charge in [-0.2, -0.15) is 0 Å². The number of nitrogens with two attached hydrogens (primary N) is 1. The fourth-order valence-corrected chi connectivity index (χ4v) is 2.46. The quantitative estimate of drug-likeness (QED) is 0.707. The lowest BCUT2D eigenvalue weighted by Crippen LogP contribution is -1.89.